The molecule has 1 aromatic heterocycles. The van der Waals surface area contributed by atoms with Crippen molar-refractivity contribution in [3.05, 3.63) is 84.4 Å². The van der Waals surface area contributed by atoms with Gasteiger partial charge < -0.3 is 4.74 Å². The number of carbonyl (C=O) groups is 1. The van der Waals surface area contributed by atoms with Gasteiger partial charge >= 0.3 is 5.97 Å². The van der Waals surface area contributed by atoms with Crippen LogP contribution in [0.5, 0.6) is 0 Å². The van der Waals surface area contributed by atoms with Crippen molar-refractivity contribution < 1.29 is 9.53 Å². The molecule has 2 nitrogen and oxygen atoms in total. The van der Waals surface area contributed by atoms with Gasteiger partial charge in [0.25, 0.3) is 0 Å². The van der Waals surface area contributed by atoms with E-state index in [2.05, 4.69) is 61.2 Å². The molecule has 0 N–H and O–H groups in total. The summed E-state index contributed by atoms with van der Waals surface area (Å²) in [6.45, 7) is 5.58. The van der Waals surface area contributed by atoms with Crippen LogP contribution in [0, 0.1) is 0 Å². The van der Waals surface area contributed by atoms with Crippen LogP contribution in [-0.2, 0) is 16.1 Å². The summed E-state index contributed by atoms with van der Waals surface area (Å²) in [5.74, 6) is -0.356. The number of esters is 1. The number of fused-ring (bicyclic) bond motifs is 7. The molecule has 4 aromatic carbocycles. The minimum absolute atomic E-state index is 0.243. The van der Waals surface area contributed by atoms with Crippen LogP contribution in [0.1, 0.15) is 12.5 Å². The molecule has 0 aliphatic rings. The van der Waals surface area contributed by atoms with E-state index in [1.807, 2.05) is 23.5 Å². The van der Waals surface area contributed by atoms with Crippen LogP contribution in [-0.4, -0.2) is 5.97 Å². The molecule has 0 aliphatic carbocycles. The zero-order valence-electron chi connectivity index (χ0n) is 15.5. The highest BCUT2D eigenvalue weighted by molar-refractivity contribution is 7.26. The molecule has 0 bridgehead atoms. The second kappa shape index (κ2) is 6.47. The van der Waals surface area contributed by atoms with Crippen LogP contribution in [0.25, 0.3) is 41.7 Å². The van der Waals surface area contributed by atoms with Gasteiger partial charge in [-0.3, -0.25) is 0 Å². The lowest BCUT2D eigenvalue weighted by Crippen LogP contribution is -2.05. The van der Waals surface area contributed by atoms with Crippen molar-refractivity contribution >= 4 is 59.0 Å². The maximum atomic E-state index is 11.9. The van der Waals surface area contributed by atoms with Gasteiger partial charge in [-0.15, -0.1) is 11.3 Å². The fraction of sp³-hybridized carbons (Fsp3) is 0.0800. The van der Waals surface area contributed by atoms with Crippen LogP contribution >= 0.6 is 11.3 Å². The van der Waals surface area contributed by atoms with Crippen molar-refractivity contribution in [3.63, 3.8) is 0 Å². The quantitative estimate of drug-likeness (QED) is 0.248. The molecule has 0 saturated carbocycles. The summed E-state index contributed by atoms with van der Waals surface area (Å²) in [7, 11) is 0. The van der Waals surface area contributed by atoms with E-state index < -0.39 is 0 Å². The van der Waals surface area contributed by atoms with Crippen LogP contribution in [0.15, 0.2) is 78.9 Å². The predicted octanol–water partition coefficient (Wildman–Crippen LogP) is 6.98. The lowest BCUT2D eigenvalue weighted by atomic mass is 9.98. The van der Waals surface area contributed by atoms with Crippen molar-refractivity contribution in [1.29, 1.82) is 0 Å². The molecule has 136 valence electrons. The van der Waals surface area contributed by atoms with E-state index in [4.69, 9.17) is 4.74 Å². The Labute approximate surface area is 166 Å². The highest BCUT2D eigenvalue weighted by atomic mass is 32.1. The minimum atomic E-state index is -0.356. The third-order valence-corrected chi connectivity index (χ3v) is 6.37. The second-order valence-corrected chi connectivity index (χ2v) is 8.13. The SMILES string of the molecule is C=C(C)C(=O)OCc1cccc2ccc3sc4c5ccccc5ccc4c3c12. The third kappa shape index (κ3) is 2.59. The summed E-state index contributed by atoms with van der Waals surface area (Å²) < 4.78 is 8.02. The van der Waals surface area contributed by atoms with Gasteiger partial charge in [-0.05, 0) is 40.1 Å². The van der Waals surface area contributed by atoms with Gasteiger partial charge in [0, 0.05) is 25.7 Å². The summed E-state index contributed by atoms with van der Waals surface area (Å²) in [6.07, 6.45) is 0. The first kappa shape index (κ1) is 17.0. The van der Waals surface area contributed by atoms with Crippen molar-refractivity contribution in [3.8, 4) is 0 Å². The molecular weight excluding hydrogens is 364 g/mol. The van der Waals surface area contributed by atoms with Gasteiger partial charge in [-0.2, -0.15) is 0 Å². The fourth-order valence-electron chi connectivity index (χ4n) is 3.83. The molecule has 0 saturated heterocycles. The van der Waals surface area contributed by atoms with Crippen molar-refractivity contribution in [2.24, 2.45) is 0 Å². The number of rotatable bonds is 3. The van der Waals surface area contributed by atoms with Crippen molar-refractivity contribution in [1.82, 2.24) is 0 Å². The maximum absolute atomic E-state index is 11.9. The average Bonchev–Trinajstić information content (AvgIpc) is 3.11. The van der Waals surface area contributed by atoms with Crippen molar-refractivity contribution in [2.45, 2.75) is 13.5 Å². The number of benzene rings is 4. The van der Waals surface area contributed by atoms with E-state index in [0.29, 0.717) is 5.57 Å². The summed E-state index contributed by atoms with van der Waals surface area (Å²) in [4.78, 5) is 11.9. The Morgan fingerprint density at radius 2 is 1.68 bits per heavy atom. The molecule has 0 unspecified atom stereocenters. The van der Waals surface area contributed by atoms with E-state index in [1.54, 1.807) is 6.92 Å². The Bertz CT molecular complexity index is 1410. The van der Waals surface area contributed by atoms with E-state index in [1.165, 1.54) is 30.9 Å². The van der Waals surface area contributed by atoms with E-state index >= 15 is 0 Å². The number of hydrogen-bond donors (Lipinski definition) is 0. The number of thiophene rings is 1. The van der Waals surface area contributed by atoms with Crippen LogP contribution in [0.4, 0.5) is 0 Å². The highest BCUT2D eigenvalue weighted by Crippen LogP contribution is 2.42. The lowest BCUT2D eigenvalue weighted by Gasteiger charge is -2.10. The zero-order chi connectivity index (χ0) is 19.3. The summed E-state index contributed by atoms with van der Waals surface area (Å²) in [5, 5.41) is 7.34. The fourth-order valence-corrected chi connectivity index (χ4v) is 5.08. The topological polar surface area (TPSA) is 26.3 Å². The Hall–Kier alpha value is -3.17. The molecule has 28 heavy (non-hydrogen) atoms. The first-order valence-electron chi connectivity index (χ1n) is 9.21. The third-order valence-electron chi connectivity index (χ3n) is 5.16. The van der Waals surface area contributed by atoms with Crippen LogP contribution < -0.4 is 0 Å². The van der Waals surface area contributed by atoms with Gasteiger partial charge in [0.05, 0.1) is 0 Å². The molecule has 0 spiro atoms. The average molecular weight is 382 g/mol. The lowest BCUT2D eigenvalue weighted by molar-refractivity contribution is -0.140. The largest absolute Gasteiger partial charge is 0.457 e. The molecular formula is C25H18O2S. The van der Waals surface area contributed by atoms with E-state index in [-0.39, 0.29) is 12.6 Å². The van der Waals surface area contributed by atoms with Gasteiger partial charge in [0.15, 0.2) is 0 Å². The molecule has 1 heterocycles. The molecule has 5 rings (SSSR count). The Morgan fingerprint density at radius 1 is 0.893 bits per heavy atom. The highest BCUT2D eigenvalue weighted by Gasteiger charge is 2.14. The molecule has 0 atom stereocenters. The van der Waals surface area contributed by atoms with Crippen LogP contribution in [0.3, 0.4) is 0 Å². The molecule has 0 radical (unpaired) electrons. The second-order valence-electron chi connectivity index (χ2n) is 7.08. The summed E-state index contributed by atoms with van der Waals surface area (Å²) >= 11 is 1.82. The van der Waals surface area contributed by atoms with E-state index in [0.717, 1.165) is 16.3 Å². The van der Waals surface area contributed by atoms with Gasteiger partial charge in [0.2, 0.25) is 0 Å². The smallest absolute Gasteiger partial charge is 0.333 e. The van der Waals surface area contributed by atoms with Gasteiger partial charge in [-0.1, -0.05) is 67.2 Å². The Morgan fingerprint density at radius 3 is 2.54 bits per heavy atom. The first-order valence-corrected chi connectivity index (χ1v) is 10.0. The van der Waals surface area contributed by atoms with Crippen LogP contribution in [0.2, 0.25) is 0 Å². The summed E-state index contributed by atoms with van der Waals surface area (Å²) in [6, 6.07) is 23.4. The van der Waals surface area contributed by atoms with Crippen molar-refractivity contribution in [2.75, 3.05) is 0 Å². The first-order chi connectivity index (χ1) is 13.6. The maximum Gasteiger partial charge on any atom is 0.333 e. The minimum Gasteiger partial charge on any atom is -0.457 e. The molecule has 3 heteroatoms. The number of hydrogen-bond acceptors (Lipinski definition) is 3. The molecule has 0 fully saturated rings. The monoisotopic (exact) mass is 382 g/mol. The number of ether oxygens (including phenoxy) is 1. The standard InChI is InChI=1S/C25H18O2S/c1-15(2)25(26)27-14-18-8-5-7-17-11-13-21-23(22(17)18)20-12-10-16-6-3-4-9-19(16)24(20)28-21/h3-13H,1,14H2,2H3. The molecule has 5 aromatic rings. The molecule has 0 aliphatic heterocycles. The van der Waals surface area contributed by atoms with E-state index in [9.17, 15) is 4.79 Å². The molecule has 0 amide bonds. The normalized spacial score (nSPS) is 11.5. The predicted molar refractivity (Wildman–Crippen MR) is 119 cm³/mol. The van der Waals surface area contributed by atoms with Gasteiger partial charge in [0.1, 0.15) is 6.61 Å². The van der Waals surface area contributed by atoms with Gasteiger partial charge in [-0.25, -0.2) is 4.79 Å². The summed E-state index contributed by atoms with van der Waals surface area (Å²) in [5.41, 5.74) is 1.43. The Kier molecular flexibility index (Phi) is 3.92. The number of carbonyl (C=O) groups excluding carboxylic acids is 1. The Balaban J connectivity index is 1.81. The zero-order valence-corrected chi connectivity index (χ0v) is 16.3.